The van der Waals surface area contributed by atoms with E-state index < -0.39 is 0 Å². The molecule has 3 nitrogen and oxygen atoms in total. The van der Waals surface area contributed by atoms with Crippen molar-refractivity contribution in [3.05, 3.63) is 24.4 Å². The average molecular weight is 189 g/mol. The fourth-order valence-electron chi connectivity index (χ4n) is 1.60. The van der Waals surface area contributed by atoms with E-state index in [1.807, 2.05) is 24.4 Å². The molecule has 3 heteroatoms. The zero-order chi connectivity index (χ0) is 10.1. The molecule has 0 fully saturated rings. The fraction of sp³-hybridized carbons (Fsp3) is 0.364. The predicted octanol–water partition coefficient (Wildman–Crippen LogP) is 2.59. The number of anilines is 1. The highest BCUT2D eigenvalue weighted by atomic mass is 15.3. The van der Waals surface area contributed by atoms with Crippen LogP contribution in [-0.2, 0) is 0 Å². The van der Waals surface area contributed by atoms with E-state index in [0.717, 1.165) is 23.0 Å². The molecule has 0 aliphatic heterocycles. The zero-order valence-corrected chi connectivity index (χ0v) is 8.57. The minimum absolute atomic E-state index is 0.441. The maximum absolute atomic E-state index is 5.70. The summed E-state index contributed by atoms with van der Waals surface area (Å²) >= 11 is 0. The van der Waals surface area contributed by atoms with Crippen molar-refractivity contribution < 1.29 is 0 Å². The zero-order valence-electron chi connectivity index (χ0n) is 8.57. The third-order valence-corrected chi connectivity index (χ3v) is 2.63. The number of fused-ring (bicyclic) bond motifs is 1. The molecule has 74 valence electrons. The second-order valence-corrected chi connectivity index (χ2v) is 3.66. The number of nitrogens with two attached hydrogens (primary N) is 1. The molecule has 14 heavy (non-hydrogen) atoms. The quantitative estimate of drug-likeness (QED) is 0.738. The molecular weight excluding hydrogens is 174 g/mol. The van der Waals surface area contributed by atoms with Crippen LogP contribution in [0.15, 0.2) is 24.4 Å². The number of rotatable bonds is 2. The van der Waals surface area contributed by atoms with Gasteiger partial charge in [0, 0.05) is 17.1 Å². The number of hydrogen-bond acceptors (Lipinski definition) is 2. The van der Waals surface area contributed by atoms with E-state index in [0.29, 0.717) is 6.04 Å². The van der Waals surface area contributed by atoms with Crippen LogP contribution in [0.1, 0.15) is 26.3 Å². The van der Waals surface area contributed by atoms with E-state index in [4.69, 9.17) is 5.73 Å². The first-order chi connectivity index (χ1) is 6.72. The summed E-state index contributed by atoms with van der Waals surface area (Å²) in [5, 5.41) is 5.48. The molecule has 0 spiro atoms. The lowest BCUT2D eigenvalue weighted by Gasteiger charge is -2.10. The number of nitrogen functional groups attached to an aromatic ring is 1. The monoisotopic (exact) mass is 189 g/mol. The minimum Gasteiger partial charge on any atom is -0.399 e. The van der Waals surface area contributed by atoms with Gasteiger partial charge in [0.1, 0.15) is 0 Å². The van der Waals surface area contributed by atoms with E-state index in [2.05, 4.69) is 23.6 Å². The predicted molar refractivity (Wildman–Crippen MR) is 59.1 cm³/mol. The first-order valence-electron chi connectivity index (χ1n) is 4.95. The average Bonchev–Trinajstić information content (AvgIpc) is 2.59. The van der Waals surface area contributed by atoms with Crippen LogP contribution in [0.25, 0.3) is 10.9 Å². The Labute approximate surface area is 83.5 Å². The van der Waals surface area contributed by atoms with Crippen molar-refractivity contribution in [3.63, 3.8) is 0 Å². The summed E-state index contributed by atoms with van der Waals surface area (Å²) in [5.41, 5.74) is 7.66. The van der Waals surface area contributed by atoms with Gasteiger partial charge in [-0.1, -0.05) is 6.92 Å². The molecule has 2 rings (SSSR count). The van der Waals surface area contributed by atoms with Crippen molar-refractivity contribution in [2.75, 3.05) is 5.73 Å². The van der Waals surface area contributed by atoms with Crippen molar-refractivity contribution >= 4 is 16.6 Å². The van der Waals surface area contributed by atoms with Gasteiger partial charge in [0.25, 0.3) is 0 Å². The first kappa shape index (κ1) is 9.06. The summed E-state index contributed by atoms with van der Waals surface area (Å²) in [6.07, 6.45) is 2.96. The summed E-state index contributed by atoms with van der Waals surface area (Å²) in [4.78, 5) is 0. The van der Waals surface area contributed by atoms with Gasteiger partial charge in [-0.3, -0.25) is 4.68 Å². The maximum atomic E-state index is 5.70. The van der Waals surface area contributed by atoms with Crippen LogP contribution in [0.5, 0.6) is 0 Å². The van der Waals surface area contributed by atoms with E-state index >= 15 is 0 Å². The fourth-order valence-corrected chi connectivity index (χ4v) is 1.60. The van der Waals surface area contributed by atoms with Gasteiger partial charge in [0.15, 0.2) is 0 Å². The highest BCUT2D eigenvalue weighted by Crippen LogP contribution is 2.21. The second-order valence-electron chi connectivity index (χ2n) is 3.66. The summed E-state index contributed by atoms with van der Waals surface area (Å²) in [6.45, 7) is 4.33. The molecule has 0 saturated heterocycles. The normalized spacial score (nSPS) is 13.3. The third kappa shape index (κ3) is 1.35. The molecule has 0 saturated carbocycles. The molecule has 2 aromatic rings. The van der Waals surface area contributed by atoms with E-state index in [1.165, 1.54) is 0 Å². The van der Waals surface area contributed by atoms with Gasteiger partial charge in [0.05, 0.1) is 11.7 Å². The second kappa shape index (κ2) is 3.33. The Balaban J connectivity index is 2.58. The van der Waals surface area contributed by atoms with Gasteiger partial charge in [-0.25, -0.2) is 0 Å². The van der Waals surface area contributed by atoms with Gasteiger partial charge in [-0.05, 0) is 31.5 Å². The Morgan fingerprint density at radius 2 is 2.29 bits per heavy atom. The number of benzene rings is 1. The topological polar surface area (TPSA) is 43.8 Å². The Hall–Kier alpha value is -1.51. The van der Waals surface area contributed by atoms with Crippen molar-refractivity contribution in [2.24, 2.45) is 0 Å². The van der Waals surface area contributed by atoms with Crippen LogP contribution in [0.4, 0.5) is 5.69 Å². The van der Waals surface area contributed by atoms with Crippen LogP contribution in [0.2, 0.25) is 0 Å². The Bertz CT molecular complexity index is 445. The molecule has 0 bridgehead atoms. The van der Waals surface area contributed by atoms with Crippen molar-refractivity contribution in [3.8, 4) is 0 Å². The summed E-state index contributed by atoms with van der Waals surface area (Å²) in [6, 6.07) is 6.35. The minimum atomic E-state index is 0.441. The molecule has 1 heterocycles. The van der Waals surface area contributed by atoms with Crippen molar-refractivity contribution in [1.82, 2.24) is 9.78 Å². The van der Waals surface area contributed by atoms with Gasteiger partial charge < -0.3 is 5.73 Å². The van der Waals surface area contributed by atoms with Crippen LogP contribution in [0, 0.1) is 0 Å². The standard InChI is InChI=1S/C11H15N3/c1-3-8(2)14-11-5-4-10(12)6-9(11)7-13-14/h4-8H,3,12H2,1-2H3. The summed E-state index contributed by atoms with van der Waals surface area (Å²) < 4.78 is 2.05. The number of hydrogen-bond donors (Lipinski definition) is 1. The molecule has 0 aliphatic rings. The Morgan fingerprint density at radius 3 is 3.00 bits per heavy atom. The number of aromatic nitrogens is 2. The van der Waals surface area contributed by atoms with Crippen molar-refractivity contribution in [1.29, 1.82) is 0 Å². The molecule has 0 amide bonds. The lowest BCUT2D eigenvalue weighted by atomic mass is 10.2. The van der Waals surface area contributed by atoms with Gasteiger partial charge >= 0.3 is 0 Å². The summed E-state index contributed by atoms with van der Waals surface area (Å²) in [5.74, 6) is 0. The number of nitrogens with zero attached hydrogens (tertiary/aromatic N) is 2. The van der Waals surface area contributed by atoms with Crippen LogP contribution in [0.3, 0.4) is 0 Å². The van der Waals surface area contributed by atoms with E-state index in [-0.39, 0.29) is 0 Å². The molecule has 1 unspecified atom stereocenters. The van der Waals surface area contributed by atoms with Crippen molar-refractivity contribution in [2.45, 2.75) is 26.3 Å². The van der Waals surface area contributed by atoms with Gasteiger partial charge in [-0.2, -0.15) is 5.10 Å². The Morgan fingerprint density at radius 1 is 1.50 bits per heavy atom. The smallest absolute Gasteiger partial charge is 0.0687 e. The molecule has 2 N–H and O–H groups in total. The van der Waals surface area contributed by atoms with Gasteiger partial charge in [0.2, 0.25) is 0 Å². The van der Waals surface area contributed by atoms with Crippen LogP contribution >= 0.6 is 0 Å². The largest absolute Gasteiger partial charge is 0.399 e. The third-order valence-electron chi connectivity index (χ3n) is 2.63. The molecule has 1 atom stereocenters. The van der Waals surface area contributed by atoms with Gasteiger partial charge in [-0.15, -0.1) is 0 Å². The van der Waals surface area contributed by atoms with Crippen LogP contribution in [-0.4, -0.2) is 9.78 Å². The molecule has 0 aliphatic carbocycles. The molecule has 0 radical (unpaired) electrons. The Kier molecular flexibility index (Phi) is 2.15. The van der Waals surface area contributed by atoms with Crippen LogP contribution < -0.4 is 5.73 Å². The molecule has 1 aromatic heterocycles. The molecule has 1 aromatic carbocycles. The lowest BCUT2D eigenvalue weighted by Crippen LogP contribution is -2.04. The molecular formula is C11H15N3. The highest BCUT2D eigenvalue weighted by Gasteiger charge is 2.07. The van der Waals surface area contributed by atoms with E-state index in [1.54, 1.807) is 0 Å². The SMILES string of the molecule is CCC(C)n1ncc2cc(N)ccc21. The first-order valence-corrected chi connectivity index (χ1v) is 4.95. The lowest BCUT2D eigenvalue weighted by molar-refractivity contribution is 0.493. The maximum Gasteiger partial charge on any atom is 0.0687 e. The van der Waals surface area contributed by atoms with E-state index in [9.17, 15) is 0 Å². The highest BCUT2D eigenvalue weighted by molar-refractivity contribution is 5.82. The summed E-state index contributed by atoms with van der Waals surface area (Å²) in [7, 11) is 0.